The number of aromatic nitrogens is 2. The SMILES string of the molecule is CO.O=CC1CCCN(c2ncnc3cccc(-c4ccoc4)c23)C1. The second-order valence-corrected chi connectivity index (χ2v) is 5.89. The highest BCUT2D eigenvalue weighted by molar-refractivity contribution is 6.01. The molecule has 0 bridgehead atoms. The van der Waals surface area contributed by atoms with E-state index in [1.807, 2.05) is 18.2 Å². The van der Waals surface area contributed by atoms with Crippen LogP contribution in [0.3, 0.4) is 0 Å². The molecule has 4 rings (SSSR count). The number of aliphatic hydroxyl groups excluding tert-OH is 1. The highest BCUT2D eigenvalue weighted by Crippen LogP contribution is 2.35. The van der Waals surface area contributed by atoms with E-state index in [1.54, 1.807) is 18.9 Å². The van der Waals surface area contributed by atoms with Gasteiger partial charge < -0.3 is 19.2 Å². The van der Waals surface area contributed by atoms with Crippen molar-refractivity contribution in [2.24, 2.45) is 5.92 Å². The maximum atomic E-state index is 11.2. The van der Waals surface area contributed by atoms with Gasteiger partial charge in [0.2, 0.25) is 0 Å². The van der Waals surface area contributed by atoms with Gasteiger partial charge in [-0.2, -0.15) is 0 Å². The van der Waals surface area contributed by atoms with Crippen molar-refractivity contribution in [2.45, 2.75) is 12.8 Å². The quantitative estimate of drug-likeness (QED) is 0.739. The molecule has 130 valence electrons. The highest BCUT2D eigenvalue weighted by atomic mass is 16.3. The van der Waals surface area contributed by atoms with Gasteiger partial charge in [0, 0.05) is 31.7 Å². The summed E-state index contributed by atoms with van der Waals surface area (Å²) in [7, 11) is 1.00. The Balaban J connectivity index is 0.000000880. The van der Waals surface area contributed by atoms with Crippen molar-refractivity contribution in [1.29, 1.82) is 0 Å². The number of rotatable bonds is 3. The number of carbonyl (C=O) groups excluding carboxylic acids is 1. The van der Waals surface area contributed by atoms with Crippen LogP contribution >= 0.6 is 0 Å². The van der Waals surface area contributed by atoms with Crippen molar-refractivity contribution in [3.63, 3.8) is 0 Å². The van der Waals surface area contributed by atoms with E-state index in [2.05, 4.69) is 20.9 Å². The number of furan rings is 1. The van der Waals surface area contributed by atoms with E-state index < -0.39 is 0 Å². The number of nitrogens with zero attached hydrogens (tertiary/aromatic N) is 3. The zero-order valence-electron chi connectivity index (χ0n) is 14.1. The molecule has 25 heavy (non-hydrogen) atoms. The Morgan fingerprint density at radius 3 is 2.92 bits per heavy atom. The molecule has 1 aromatic carbocycles. The van der Waals surface area contributed by atoms with Crippen LogP contribution in [-0.4, -0.2) is 41.6 Å². The number of anilines is 1. The highest BCUT2D eigenvalue weighted by Gasteiger charge is 2.23. The van der Waals surface area contributed by atoms with Gasteiger partial charge in [-0.15, -0.1) is 0 Å². The average molecular weight is 339 g/mol. The number of aliphatic hydroxyl groups is 1. The van der Waals surface area contributed by atoms with Gasteiger partial charge in [0.05, 0.1) is 23.4 Å². The summed E-state index contributed by atoms with van der Waals surface area (Å²) in [6, 6.07) is 7.98. The standard InChI is InChI=1S/C18H17N3O2.CH4O/c22-10-13-3-2-7-21(9-13)18-17-15(14-6-8-23-11-14)4-1-5-16(17)19-12-20-18;1-2/h1,4-6,8,10-13H,2-3,7,9H2;2H,1H3. The van der Waals surface area contributed by atoms with Crippen molar-refractivity contribution in [3.8, 4) is 11.1 Å². The maximum absolute atomic E-state index is 11.2. The van der Waals surface area contributed by atoms with Crippen LogP contribution in [-0.2, 0) is 4.79 Å². The van der Waals surface area contributed by atoms with Crippen LogP contribution in [0.4, 0.5) is 5.82 Å². The molecule has 0 amide bonds. The number of hydrogen-bond acceptors (Lipinski definition) is 6. The van der Waals surface area contributed by atoms with E-state index in [9.17, 15) is 4.79 Å². The first-order valence-corrected chi connectivity index (χ1v) is 8.28. The minimum absolute atomic E-state index is 0.0786. The number of piperidine rings is 1. The Labute approximate surface area is 146 Å². The monoisotopic (exact) mass is 339 g/mol. The number of benzene rings is 1. The summed E-state index contributed by atoms with van der Waals surface area (Å²) in [6.07, 6.45) is 8.02. The Morgan fingerprint density at radius 1 is 1.28 bits per heavy atom. The van der Waals surface area contributed by atoms with Crippen LogP contribution in [0.25, 0.3) is 22.0 Å². The van der Waals surface area contributed by atoms with E-state index >= 15 is 0 Å². The molecule has 1 unspecified atom stereocenters. The molecular formula is C19H21N3O3. The maximum Gasteiger partial charge on any atom is 0.140 e. The Kier molecular flexibility index (Phi) is 5.40. The first kappa shape index (κ1) is 17.1. The smallest absolute Gasteiger partial charge is 0.140 e. The lowest BCUT2D eigenvalue weighted by Crippen LogP contribution is -2.36. The first-order chi connectivity index (χ1) is 12.4. The van der Waals surface area contributed by atoms with Crippen molar-refractivity contribution in [2.75, 3.05) is 25.1 Å². The van der Waals surface area contributed by atoms with Gasteiger partial charge in [-0.1, -0.05) is 12.1 Å². The van der Waals surface area contributed by atoms with Crippen molar-refractivity contribution >= 4 is 23.0 Å². The lowest BCUT2D eigenvalue weighted by atomic mass is 9.98. The molecule has 6 heteroatoms. The van der Waals surface area contributed by atoms with Gasteiger partial charge in [-0.05, 0) is 30.5 Å². The van der Waals surface area contributed by atoms with Crippen LogP contribution in [0.5, 0.6) is 0 Å². The Bertz CT molecular complexity index is 828. The van der Waals surface area contributed by atoms with Gasteiger partial charge in [0.25, 0.3) is 0 Å². The normalized spacial score (nSPS) is 17.0. The van der Waals surface area contributed by atoms with Crippen LogP contribution in [0, 0.1) is 5.92 Å². The predicted octanol–water partition coefficient (Wildman–Crippen LogP) is 2.91. The first-order valence-electron chi connectivity index (χ1n) is 8.28. The Morgan fingerprint density at radius 2 is 2.16 bits per heavy atom. The van der Waals surface area contributed by atoms with Crippen LogP contribution in [0.15, 0.2) is 47.5 Å². The van der Waals surface area contributed by atoms with Crippen LogP contribution in [0.2, 0.25) is 0 Å². The molecule has 6 nitrogen and oxygen atoms in total. The van der Waals surface area contributed by atoms with Gasteiger partial charge in [0.1, 0.15) is 18.4 Å². The predicted molar refractivity (Wildman–Crippen MR) is 96.4 cm³/mol. The third-order valence-corrected chi connectivity index (χ3v) is 4.42. The zero-order chi connectivity index (χ0) is 17.6. The largest absolute Gasteiger partial charge is 0.472 e. The van der Waals surface area contributed by atoms with E-state index in [1.165, 1.54) is 0 Å². The molecule has 3 heterocycles. The van der Waals surface area contributed by atoms with Crippen molar-refractivity contribution in [1.82, 2.24) is 9.97 Å². The third kappa shape index (κ3) is 3.39. The minimum Gasteiger partial charge on any atom is -0.472 e. The minimum atomic E-state index is 0.0786. The number of fused-ring (bicyclic) bond motifs is 1. The average Bonchev–Trinajstić information content (AvgIpc) is 3.23. The summed E-state index contributed by atoms with van der Waals surface area (Å²) in [4.78, 5) is 22.3. The van der Waals surface area contributed by atoms with Crippen LogP contribution < -0.4 is 4.90 Å². The second-order valence-electron chi connectivity index (χ2n) is 5.89. The summed E-state index contributed by atoms with van der Waals surface area (Å²) < 4.78 is 5.24. The molecule has 1 saturated heterocycles. The van der Waals surface area contributed by atoms with Crippen molar-refractivity contribution < 1.29 is 14.3 Å². The number of hydrogen-bond donors (Lipinski definition) is 1. The fourth-order valence-electron chi connectivity index (χ4n) is 3.30. The topological polar surface area (TPSA) is 79.5 Å². The number of carbonyl (C=O) groups is 1. The molecule has 1 fully saturated rings. The van der Waals surface area contributed by atoms with Gasteiger partial charge in [-0.3, -0.25) is 0 Å². The molecule has 0 radical (unpaired) electrons. The lowest BCUT2D eigenvalue weighted by Gasteiger charge is -2.32. The molecule has 1 aliphatic rings. The second kappa shape index (κ2) is 7.90. The van der Waals surface area contributed by atoms with E-state index in [4.69, 9.17) is 9.52 Å². The molecular weight excluding hydrogens is 318 g/mol. The molecule has 3 aromatic rings. The number of aldehydes is 1. The zero-order valence-corrected chi connectivity index (χ0v) is 14.1. The molecule has 1 atom stereocenters. The molecule has 0 saturated carbocycles. The fourth-order valence-corrected chi connectivity index (χ4v) is 3.30. The molecule has 1 N–H and O–H groups in total. The van der Waals surface area contributed by atoms with E-state index in [0.29, 0.717) is 0 Å². The summed E-state index contributed by atoms with van der Waals surface area (Å²) in [5, 5.41) is 8.02. The van der Waals surface area contributed by atoms with Gasteiger partial charge >= 0.3 is 0 Å². The molecule has 1 aliphatic heterocycles. The summed E-state index contributed by atoms with van der Waals surface area (Å²) in [5.41, 5.74) is 2.97. The Hall–Kier alpha value is -2.73. The third-order valence-electron chi connectivity index (χ3n) is 4.42. The van der Waals surface area contributed by atoms with Gasteiger partial charge in [0.15, 0.2) is 0 Å². The molecule has 0 spiro atoms. The van der Waals surface area contributed by atoms with E-state index in [-0.39, 0.29) is 5.92 Å². The summed E-state index contributed by atoms with van der Waals surface area (Å²) in [6.45, 7) is 1.63. The fraction of sp³-hybridized carbons (Fsp3) is 0.316. The summed E-state index contributed by atoms with van der Waals surface area (Å²) >= 11 is 0. The van der Waals surface area contributed by atoms with E-state index in [0.717, 1.165) is 67.2 Å². The molecule has 2 aromatic heterocycles. The van der Waals surface area contributed by atoms with Crippen molar-refractivity contribution in [3.05, 3.63) is 43.1 Å². The van der Waals surface area contributed by atoms with Crippen LogP contribution in [0.1, 0.15) is 12.8 Å². The lowest BCUT2D eigenvalue weighted by molar-refractivity contribution is -0.111. The van der Waals surface area contributed by atoms with Gasteiger partial charge in [-0.25, -0.2) is 9.97 Å². The molecule has 0 aliphatic carbocycles. The summed E-state index contributed by atoms with van der Waals surface area (Å²) in [5.74, 6) is 0.980.